The number of aliphatic hydroxyl groups excluding tert-OH is 1. The number of halogens is 1. The number of rotatable bonds is 12. The fraction of sp³-hybridized carbons (Fsp3) is 0.682. The van der Waals surface area contributed by atoms with Crippen molar-refractivity contribution in [3.8, 4) is 0 Å². The van der Waals surface area contributed by atoms with Gasteiger partial charge in [-0.05, 0) is 69.2 Å². The predicted octanol–water partition coefficient (Wildman–Crippen LogP) is 4.77. The molecule has 1 aliphatic rings. The number of benzene rings is 1. The molecule has 0 amide bonds. The maximum atomic E-state index is 11.0. The van der Waals surface area contributed by atoms with E-state index in [1.165, 1.54) is 12.8 Å². The number of nitrogens with one attached hydrogen (secondary N) is 1. The molecule has 0 radical (unpaired) electrons. The van der Waals surface area contributed by atoms with Crippen molar-refractivity contribution >= 4 is 17.6 Å². The number of hydrogen-bond donors (Lipinski definition) is 3. The minimum atomic E-state index is -0.895. The Morgan fingerprint density at radius 3 is 2.52 bits per heavy atom. The van der Waals surface area contributed by atoms with Crippen LogP contribution in [0.1, 0.15) is 80.6 Å². The first-order valence-corrected chi connectivity index (χ1v) is 10.8. The summed E-state index contributed by atoms with van der Waals surface area (Å²) in [5.41, 5.74) is 1.37. The van der Waals surface area contributed by atoms with Crippen molar-refractivity contribution in [1.82, 2.24) is 5.32 Å². The van der Waals surface area contributed by atoms with E-state index in [0.29, 0.717) is 5.56 Å². The van der Waals surface area contributed by atoms with Crippen molar-refractivity contribution in [3.05, 3.63) is 35.4 Å². The highest BCUT2D eigenvalue weighted by molar-refractivity contribution is 6.21. The molecule has 1 aliphatic heterocycles. The Bertz CT molecular complexity index is 577. The average molecular weight is 396 g/mol. The van der Waals surface area contributed by atoms with Crippen molar-refractivity contribution in [2.24, 2.45) is 0 Å². The monoisotopic (exact) mass is 395 g/mol. The molecule has 0 spiro atoms. The summed E-state index contributed by atoms with van der Waals surface area (Å²) < 4.78 is 0. The number of carbonyl (C=O) groups is 1. The maximum Gasteiger partial charge on any atom is 0.335 e. The van der Waals surface area contributed by atoms with Gasteiger partial charge in [-0.3, -0.25) is 0 Å². The molecule has 1 saturated heterocycles. The summed E-state index contributed by atoms with van der Waals surface area (Å²) in [6.07, 6.45) is 9.72. The van der Waals surface area contributed by atoms with E-state index in [9.17, 15) is 9.90 Å². The summed E-state index contributed by atoms with van der Waals surface area (Å²) in [7, 11) is 0. The number of hydrogen-bond acceptors (Lipinski definition) is 3. The first kappa shape index (κ1) is 22.2. The molecule has 1 aromatic rings. The first-order valence-electron chi connectivity index (χ1n) is 10.4. The van der Waals surface area contributed by atoms with Crippen LogP contribution in [0.5, 0.6) is 0 Å². The van der Waals surface area contributed by atoms with Gasteiger partial charge in [0.15, 0.2) is 0 Å². The van der Waals surface area contributed by atoms with Gasteiger partial charge in [-0.15, -0.1) is 11.6 Å². The normalized spacial score (nSPS) is 23.4. The van der Waals surface area contributed by atoms with Crippen LogP contribution in [0, 0.1) is 0 Å². The standard InChI is InChI=1S/C22H34ClNO3/c1-2-3-4-6-19(25)7-5-14-22(20(23)13-16-24-22)15-12-17-8-10-18(11-9-17)21(26)27/h8-11,19-20,24-25H,2-7,12-16H2,1H3,(H,26,27)/t19?,20-,22+/m1/s1. The smallest absolute Gasteiger partial charge is 0.335 e. The second-order valence-electron chi connectivity index (χ2n) is 7.88. The van der Waals surface area contributed by atoms with Crippen LogP contribution in [0.4, 0.5) is 0 Å². The fourth-order valence-corrected chi connectivity index (χ4v) is 4.46. The second-order valence-corrected chi connectivity index (χ2v) is 8.41. The van der Waals surface area contributed by atoms with E-state index < -0.39 is 5.97 Å². The quantitative estimate of drug-likeness (QED) is 0.352. The molecule has 0 saturated carbocycles. The lowest BCUT2D eigenvalue weighted by atomic mass is 9.84. The summed E-state index contributed by atoms with van der Waals surface area (Å²) >= 11 is 6.68. The number of aromatic carboxylic acids is 1. The minimum absolute atomic E-state index is 0.0871. The van der Waals surface area contributed by atoms with Gasteiger partial charge in [-0.25, -0.2) is 4.79 Å². The maximum absolute atomic E-state index is 11.0. The lowest BCUT2D eigenvalue weighted by molar-refractivity contribution is 0.0697. The number of unbranched alkanes of at least 4 members (excludes halogenated alkanes) is 2. The van der Waals surface area contributed by atoms with Crippen LogP contribution in [-0.2, 0) is 6.42 Å². The van der Waals surface area contributed by atoms with Gasteiger partial charge >= 0.3 is 5.97 Å². The van der Waals surface area contributed by atoms with Gasteiger partial charge in [0.05, 0.1) is 17.0 Å². The molecule has 0 bridgehead atoms. The molecular formula is C22H34ClNO3. The third kappa shape index (κ3) is 6.78. The zero-order valence-corrected chi connectivity index (χ0v) is 17.2. The summed E-state index contributed by atoms with van der Waals surface area (Å²) in [6.45, 7) is 3.11. The SMILES string of the molecule is CCCCCC(O)CCC[C@@]1(CCc2ccc(C(=O)O)cc2)NCC[C@H]1Cl. The lowest BCUT2D eigenvalue weighted by Crippen LogP contribution is -2.46. The minimum Gasteiger partial charge on any atom is -0.478 e. The van der Waals surface area contributed by atoms with Gasteiger partial charge in [0.1, 0.15) is 0 Å². The Kier molecular flexibility index (Phi) is 9.07. The van der Waals surface area contributed by atoms with E-state index in [2.05, 4.69) is 12.2 Å². The summed E-state index contributed by atoms with van der Waals surface area (Å²) in [5.74, 6) is -0.895. The van der Waals surface area contributed by atoms with Crippen LogP contribution in [-0.4, -0.2) is 39.7 Å². The largest absolute Gasteiger partial charge is 0.478 e. The summed E-state index contributed by atoms with van der Waals surface area (Å²) in [5, 5.41) is 22.9. The molecule has 0 aliphatic carbocycles. The molecule has 3 atom stereocenters. The highest BCUT2D eigenvalue weighted by Gasteiger charge is 2.40. The molecule has 1 aromatic carbocycles. The molecule has 4 nitrogen and oxygen atoms in total. The van der Waals surface area contributed by atoms with E-state index in [-0.39, 0.29) is 17.0 Å². The van der Waals surface area contributed by atoms with Crippen molar-refractivity contribution in [1.29, 1.82) is 0 Å². The Morgan fingerprint density at radius 2 is 1.93 bits per heavy atom. The van der Waals surface area contributed by atoms with Crippen LogP contribution in [0.15, 0.2) is 24.3 Å². The van der Waals surface area contributed by atoms with Gasteiger partial charge in [0, 0.05) is 5.54 Å². The molecule has 1 unspecified atom stereocenters. The second kappa shape index (κ2) is 11.0. The number of carboxylic acids is 1. The Labute approximate surface area is 168 Å². The number of carboxylic acid groups (broad SMARTS) is 1. The molecule has 5 heteroatoms. The lowest BCUT2D eigenvalue weighted by Gasteiger charge is -2.33. The first-order chi connectivity index (χ1) is 13.0. The van der Waals surface area contributed by atoms with Crippen LogP contribution in [0.2, 0.25) is 0 Å². The van der Waals surface area contributed by atoms with Gasteiger partial charge in [0.2, 0.25) is 0 Å². The van der Waals surface area contributed by atoms with Gasteiger partial charge in [0.25, 0.3) is 0 Å². The number of aryl methyl sites for hydroxylation is 1. The van der Waals surface area contributed by atoms with E-state index >= 15 is 0 Å². The van der Waals surface area contributed by atoms with Crippen LogP contribution >= 0.6 is 11.6 Å². The van der Waals surface area contributed by atoms with Crippen molar-refractivity contribution < 1.29 is 15.0 Å². The molecule has 1 fully saturated rings. The molecule has 3 N–H and O–H groups in total. The number of aliphatic hydroxyl groups is 1. The van der Waals surface area contributed by atoms with E-state index in [4.69, 9.17) is 16.7 Å². The third-order valence-electron chi connectivity index (χ3n) is 5.84. The Balaban J connectivity index is 1.85. The van der Waals surface area contributed by atoms with E-state index in [0.717, 1.165) is 63.5 Å². The zero-order valence-electron chi connectivity index (χ0n) is 16.4. The van der Waals surface area contributed by atoms with E-state index in [1.54, 1.807) is 12.1 Å². The summed E-state index contributed by atoms with van der Waals surface area (Å²) in [4.78, 5) is 11.0. The molecule has 1 heterocycles. The van der Waals surface area contributed by atoms with Gasteiger partial charge < -0.3 is 15.5 Å². The van der Waals surface area contributed by atoms with E-state index in [1.807, 2.05) is 12.1 Å². The molecular weight excluding hydrogens is 362 g/mol. The highest BCUT2D eigenvalue weighted by atomic mass is 35.5. The van der Waals surface area contributed by atoms with Crippen molar-refractivity contribution in [3.63, 3.8) is 0 Å². The number of alkyl halides is 1. The van der Waals surface area contributed by atoms with Crippen molar-refractivity contribution in [2.45, 2.75) is 88.2 Å². The average Bonchev–Trinajstić information content (AvgIpc) is 3.01. The Hall–Kier alpha value is -1.10. The third-order valence-corrected chi connectivity index (χ3v) is 6.47. The highest BCUT2D eigenvalue weighted by Crippen LogP contribution is 2.34. The Morgan fingerprint density at radius 1 is 1.22 bits per heavy atom. The molecule has 0 aromatic heterocycles. The van der Waals surface area contributed by atoms with Crippen LogP contribution in [0.3, 0.4) is 0 Å². The van der Waals surface area contributed by atoms with Crippen LogP contribution in [0.25, 0.3) is 0 Å². The topological polar surface area (TPSA) is 69.6 Å². The van der Waals surface area contributed by atoms with Gasteiger partial charge in [-0.2, -0.15) is 0 Å². The molecule has 2 rings (SSSR count). The molecule has 27 heavy (non-hydrogen) atoms. The van der Waals surface area contributed by atoms with Crippen LogP contribution < -0.4 is 5.32 Å². The zero-order chi connectivity index (χ0) is 19.7. The summed E-state index contributed by atoms with van der Waals surface area (Å²) in [6, 6.07) is 7.12. The van der Waals surface area contributed by atoms with Crippen molar-refractivity contribution in [2.75, 3.05) is 6.54 Å². The fourth-order valence-electron chi connectivity index (χ4n) is 4.06. The predicted molar refractivity (Wildman–Crippen MR) is 111 cm³/mol. The molecule has 152 valence electrons. The van der Waals surface area contributed by atoms with Gasteiger partial charge in [-0.1, -0.05) is 38.3 Å².